The normalized spacial score (nSPS) is 14.4. The Hall–Kier alpha value is -3.26. The van der Waals surface area contributed by atoms with Crippen LogP contribution in [0.3, 0.4) is 0 Å². The van der Waals surface area contributed by atoms with Crippen LogP contribution in [-0.2, 0) is 12.8 Å². The number of thiocarbonyl (C=S) groups is 1. The van der Waals surface area contributed by atoms with E-state index >= 15 is 4.39 Å². The third-order valence-electron chi connectivity index (χ3n) is 6.66. The van der Waals surface area contributed by atoms with E-state index in [1.807, 2.05) is 5.16 Å². The zero-order valence-corrected chi connectivity index (χ0v) is 20.8. The van der Waals surface area contributed by atoms with E-state index in [9.17, 15) is 13.2 Å². The average Bonchev–Trinajstić information content (AvgIpc) is 2.86. The van der Waals surface area contributed by atoms with E-state index in [1.165, 1.54) is 12.5 Å². The van der Waals surface area contributed by atoms with Gasteiger partial charge in [-0.15, -0.1) is 0 Å². The molecule has 0 saturated heterocycles. The molecule has 0 aliphatic heterocycles. The Kier molecular flexibility index (Phi) is 8.36. The molecule has 0 heterocycles. The lowest BCUT2D eigenvalue weighted by atomic mass is 9.80. The summed E-state index contributed by atoms with van der Waals surface area (Å²) >= 11 is 4.41. The first-order chi connectivity index (χ1) is 17.4. The van der Waals surface area contributed by atoms with Crippen LogP contribution in [0.5, 0.6) is 0 Å². The topological polar surface area (TPSA) is 12.4 Å². The molecule has 36 heavy (non-hydrogen) atoms. The van der Waals surface area contributed by atoms with Crippen LogP contribution in [0.15, 0.2) is 47.5 Å². The summed E-state index contributed by atoms with van der Waals surface area (Å²) in [5.41, 5.74) is 2.01. The molecule has 6 heteroatoms. The van der Waals surface area contributed by atoms with E-state index in [-0.39, 0.29) is 5.56 Å². The predicted octanol–water partition coefficient (Wildman–Crippen LogP) is 8.73. The molecular weight excluding hydrogens is 482 g/mol. The van der Waals surface area contributed by atoms with E-state index in [4.69, 9.17) is 0 Å². The number of aliphatic imine (C=N–C) groups is 1. The van der Waals surface area contributed by atoms with Gasteiger partial charge in [0.15, 0.2) is 11.6 Å². The van der Waals surface area contributed by atoms with E-state index in [0.717, 1.165) is 43.4 Å². The Balaban J connectivity index is 1.54. The van der Waals surface area contributed by atoms with Gasteiger partial charge in [-0.1, -0.05) is 56.6 Å². The fraction of sp³-hybridized carbons (Fsp3) is 0.300. The third kappa shape index (κ3) is 5.75. The van der Waals surface area contributed by atoms with Crippen molar-refractivity contribution in [2.75, 3.05) is 0 Å². The molecule has 0 fully saturated rings. The van der Waals surface area contributed by atoms with E-state index in [1.54, 1.807) is 24.3 Å². The largest absolute Gasteiger partial charge is 0.206 e. The minimum absolute atomic E-state index is 0.221. The summed E-state index contributed by atoms with van der Waals surface area (Å²) in [4.78, 5) is 3.40. The smallest absolute Gasteiger partial charge is 0.153 e. The second-order valence-corrected chi connectivity index (χ2v) is 9.29. The standard InChI is InChI=1S/C30H25F4NS/c1-2-3-4-5-20-9-12-24-23(14-20)17-26(31)25(29(24)34)13-8-19-6-10-21(11-7-19)22-15-27(32)30(35-18-36)28(33)16-22/h6-7,10-11,15-17,20H,2-5,9,12,14H2,1H3. The zero-order valence-electron chi connectivity index (χ0n) is 19.9. The minimum Gasteiger partial charge on any atom is -0.206 e. The molecule has 0 radical (unpaired) electrons. The van der Waals surface area contributed by atoms with E-state index < -0.39 is 29.0 Å². The van der Waals surface area contributed by atoms with Crippen LogP contribution in [0.1, 0.15) is 61.3 Å². The molecule has 4 rings (SSSR count). The summed E-state index contributed by atoms with van der Waals surface area (Å²) < 4.78 is 58.2. The maximum atomic E-state index is 15.2. The number of hydrogen-bond acceptors (Lipinski definition) is 2. The quantitative estimate of drug-likeness (QED) is 0.107. The summed E-state index contributed by atoms with van der Waals surface area (Å²) in [6, 6.07) is 10.3. The van der Waals surface area contributed by atoms with Crippen LogP contribution in [0, 0.1) is 41.0 Å². The Morgan fingerprint density at radius 2 is 1.64 bits per heavy atom. The van der Waals surface area contributed by atoms with Gasteiger partial charge in [0.2, 0.25) is 0 Å². The molecule has 0 N–H and O–H groups in total. The number of hydrogen-bond donors (Lipinski definition) is 0. The van der Waals surface area contributed by atoms with Gasteiger partial charge in [0, 0.05) is 5.56 Å². The summed E-state index contributed by atoms with van der Waals surface area (Å²) in [5, 5.41) is 1.96. The Morgan fingerprint density at radius 1 is 0.917 bits per heavy atom. The molecule has 1 unspecified atom stereocenters. The lowest BCUT2D eigenvalue weighted by molar-refractivity contribution is 0.399. The van der Waals surface area contributed by atoms with Crippen molar-refractivity contribution >= 4 is 23.1 Å². The van der Waals surface area contributed by atoms with Gasteiger partial charge in [-0.05, 0) is 90.0 Å². The minimum atomic E-state index is -0.850. The number of rotatable bonds is 6. The van der Waals surface area contributed by atoms with Crippen molar-refractivity contribution in [1.29, 1.82) is 0 Å². The highest BCUT2D eigenvalue weighted by Gasteiger charge is 2.24. The molecule has 0 aromatic heterocycles. The second-order valence-electron chi connectivity index (χ2n) is 9.11. The van der Waals surface area contributed by atoms with Crippen molar-refractivity contribution in [2.24, 2.45) is 10.9 Å². The van der Waals surface area contributed by atoms with Crippen LogP contribution >= 0.6 is 12.2 Å². The Bertz CT molecular complexity index is 1360. The first-order valence-electron chi connectivity index (χ1n) is 12.1. The fourth-order valence-electron chi connectivity index (χ4n) is 4.73. The molecule has 0 bridgehead atoms. The van der Waals surface area contributed by atoms with Crippen molar-refractivity contribution < 1.29 is 17.6 Å². The predicted molar refractivity (Wildman–Crippen MR) is 138 cm³/mol. The van der Waals surface area contributed by atoms with Gasteiger partial charge >= 0.3 is 0 Å². The summed E-state index contributed by atoms with van der Waals surface area (Å²) in [7, 11) is 0. The van der Waals surface area contributed by atoms with E-state index in [2.05, 4.69) is 36.0 Å². The van der Waals surface area contributed by atoms with Gasteiger partial charge < -0.3 is 0 Å². The molecule has 184 valence electrons. The van der Waals surface area contributed by atoms with Crippen LogP contribution in [0.4, 0.5) is 23.2 Å². The average molecular weight is 508 g/mol. The van der Waals surface area contributed by atoms with Gasteiger partial charge in [0.1, 0.15) is 17.3 Å². The number of unbranched alkanes of at least 4 members (excludes halogenated alkanes) is 2. The first kappa shape index (κ1) is 25.8. The first-order valence-corrected chi connectivity index (χ1v) is 12.5. The van der Waals surface area contributed by atoms with Crippen molar-refractivity contribution in [3.8, 4) is 23.0 Å². The monoisotopic (exact) mass is 507 g/mol. The number of isothiocyanates is 1. The highest BCUT2D eigenvalue weighted by atomic mass is 32.1. The SMILES string of the molecule is CCCCCC1CCc2c(cc(F)c(C#Cc3ccc(-c4cc(F)c(N=C=S)c(F)c4)cc3)c2F)C1. The molecule has 3 aromatic rings. The number of nitrogens with zero attached hydrogens (tertiary/aromatic N) is 1. The van der Waals surface area contributed by atoms with Crippen molar-refractivity contribution in [2.45, 2.75) is 51.9 Å². The molecule has 0 amide bonds. The second kappa shape index (κ2) is 11.6. The molecule has 3 aromatic carbocycles. The molecule has 1 aliphatic rings. The van der Waals surface area contributed by atoms with Crippen LogP contribution in [0.2, 0.25) is 0 Å². The Morgan fingerprint density at radius 3 is 2.31 bits per heavy atom. The van der Waals surface area contributed by atoms with E-state index in [0.29, 0.717) is 41.0 Å². The molecule has 0 saturated carbocycles. The number of fused-ring (bicyclic) bond motifs is 1. The maximum absolute atomic E-state index is 15.2. The molecular formula is C30H25F4NS. The molecule has 0 spiro atoms. The van der Waals surface area contributed by atoms with Crippen molar-refractivity contribution in [3.05, 3.63) is 88.0 Å². The van der Waals surface area contributed by atoms with Crippen molar-refractivity contribution in [1.82, 2.24) is 0 Å². The van der Waals surface area contributed by atoms with Crippen LogP contribution < -0.4 is 0 Å². The molecule has 1 nitrogen and oxygen atoms in total. The summed E-state index contributed by atoms with van der Waals surface area (Å²) in [6.45, 7) is 2.16. The Labute approximate surface area is 214 Å². The maximum Gasteiger partial charge on any atom is 0.153 e. The molecule has 1 aliphatic carbocycles. The van der Waals surface area contributed by atoms with Gasteiger partial charge in [-0.2, -0.15) is 4.99 Å². The van der Waals surface area contributed by atoms with Gasteiger partial charge in [-0.25, -0.2) is 17.6 Å². The van der Waals surface area contributed by atoms with Gasteiger partial charge in [-0.3, -0.25) is 0 Å². The lowest BCUT2D eigenvalue weighted by Gasteiger charge is -2.25. The van der Waals surface area contributed by atoms with Crippen LogP contribution in [-0.4, -0.2) is 5.16 Å². The summed E-state index contributed by atoms with van der Waals surface area (Å²) in [6.07, 6.45) is 6.82. The third-order valence-corrected chi connectivity index (χ3v) is 6.75. The zero-order chi connectivity index (χ0) is 25.7. The van der Waals surface area contributed by atoms with Crippen molar-refractivity contribution in [3.63, 3.8) is 0 Å². The highest BCUT2D eigenvalue weighted by molar-refractivity contribution is 7.78. The number of halogens is 4. The summed E-state index contributed by atoms with van der Waals surface area (Å²) in [5.74, 6) is 3.03. The van der Waals surface area contributed by atoms with Gasteiger partial charge in [0.05, 0.1) is 10.7 Å². The lowest BCUT2D eigenvalue weighted by Crippen LogP contribution is -2.17. The molecule has 1 atom stereocenters. The van der Waals surface area contributed by atoms with Crippen LogP contribution in [0.25, 0.3) is 11.1 Å². The highest BCUT2D eigenvalue weighted by Crippen LogP contribution is 2.33. The fourth-order valence-corrected chi connectivity index (χ4v) is 4.82. The number of benzene rings is 3. The van der Waals surface area contributed by atoms with Gasteiger partial charge in [0.25, 0.3) is 0 Å².